The normalized spacial score (nSPS) is 10.8. The topological polar surface area (TPSA) is 92.7 Å². The minimum atomic E-state index is -0.375. The number of hydrogen-bond acceptors (Lipinski definition) is 4. The Hall–Kier alpha value is -1.21. The molecule has 0 aliphatic carbocycles. The van der Waals surface area contributed by atoms with Crippen molar-refractivity contribution < 1.29 is 9.59 Å². The third-order valence-corrected chi connectivity index (χ3v) is 2.97. The molecule has 0 aliphatic rings. The van der Waals surface area contributed by atoms with Crippen LogP contribution in [-0.4, -0.2) is 59.8 Å². The van der Waals surface area contributed by atoms with Crippen LogP contribution in [0.4, 0.5) is 0 Å². The second kappa shape index (κ2) is 9.66. The Bertz CT molecular complexity index is 347. The first-order chi connectivity index (χ1) is 9.22. The molecule has 4 N–H and O–H groups in total. The minimum absolute atomic E-state index is 0.0134. The third-order valence-electron chi connectivity index (χ3n) is 2.76. The summed E-state index contributed by atoms with van der Waals surface area (Å²) in [7, 11) is 1.72. The zero-order valence-corrected chi connectivity index (χ0v) is 13.4. The summed E-state index contributed by atoms with van der Waals surface area (Å²) in [4.78, 5) is 26.9. The van der Waals surface area contributed by atoms with Gasteiger partial charge in [-0.2, -0.15) is 0 Å². The SMILES string of the molecule is CC(C)CN(CCC(=O)N(C)CCC(N)=S)CC(N)=O. The van der Waals surface area contributed by atoms with E-state index in [4.69, 9.17) is 23.7 Å². The number of thiocarbonyl (C=S) groups is 1. The van der Waals surface area contributed by atoms with Crippen LogP contribution in [0.3, 0.4) is 0 Å². The van der Waals surface area contributed by atoms with Crippen LogP contribution in [0.15, 0.2) is 0 Å². The van der Waals surface area contributed by atoms with E-state index in [-0.39, 0.29) is 18.4 Å². The summed E-state index contributed by atoms with van der Waals surface area (Å²) < 4.78 is 0. The number of carbonyl (C=O) groups excluding carboxylic acids is 2. The van der Waals surface area contributed by atoms with Gasteiger partial charge in [0.15, 0.2) is 0 Å². The zero-order chi connectivity index (χ0) is 15.7. The molecule has 0 aromatic carbocycles. The van der Waals surface area contributed by atoms with Gasteiger partial charge in [0, 0.05) is 39.5 Å². The Kier molecular flexibility index (Phi) is 9.07. The number of nitrogens with two attached hydrogens (primary N) is 2. The summed E-state index contributed by atoms with van der Waals surface area (Å²) >= 11 is 4.78. The monoisotopic (exact) mass is 302 g/mol. The summed E-state index contributed by atoms with van der Waals surface area (Å²) in [6.07, 6.45) is 0.877. The first-order valence-corrected chi connectivity index (χ1v) is 7.16. The van der Waals surface area contributed by atoms with Crippen molar-refractivity contribution in [1.82, 2.24) is 9.80 Å². The van der Waals surface area contributed by atoms with E-state index in [0.29, 0.717) is 36.8 Å². The smallest absolute Gasteiger partial charge is 0.231 e. The number of primary amides is 1. The molecule has 0 bridgehead atoms. The van der Waals surface area contributed by atoms with Gasteiger partial charge in [-0.15, -0.1) is 0 Å². The summed E-state index contributed by atoms with van der Waals surface area (Å²) in [6.45, 7) is 6.09. The zero-order valence-electron chi connectivity index (χ0n) is 12.6. The molecule has 0 spiro atoms. The lowest BCUT2D eigenvalue weighted by Gasteiger charge is -2.24. The second-order valence-corrected chi connectivity index (χ2v) is 5.90. The van der Waals surface area contributed by atoms with E-state index < -0.39 is 0 Å². The predicted octanol–water partition coefficient (Wildman–Crippen LogP) is -0.0456. The lowest BCUT2D eigenvalue weighted by Crippen LogP contribution is -2.39. The van der Waals surface area contributed by atoms with E-state index >= 15 is 0 Å². The fourth-order valence-corrected chi connectivity index (χ4v) is 1.91. The molecule has 6 nitrogen and oxygen atoms in total. The molecule has 0 atom stereocenters. The van der Waals surface area contributed by atoms with Gasteiger partial charge in [0.05, 0.1) is 11.5 Å². The first kappa shape index (κ1) is 18.8. The average molecular weight is 302 g/mol. The van der Waals surface area contributed by atoms with E-state index in [1.54, 1.807) is 11.9 Å². The molecule has 0 unspecified atom stereocenters. The van der Waals surface area contributed by atoms with Crippen LogP contribution < -0.4 is 11.5 Å². The summed E-state index contributed by atoms with van der Waals surface area (Å²) in [6, 6.07) is 0. The molecule has 0 rings (SSSR count). The van der Waals surface area contributed by atoms with Gasteiger partial charge in [0.1, 0.15) is 0 Å². The van der Waals surface area contributed by atoms with Crippen molar-refractivity contribution >= 4 is 29.0 Å². The fraction of sp³-hybridized carbons (Fsp3) is 0.769. The van der Waals surface area contributed by atoms with E-state index in [9.17, 15) is 9.59 Å². The van der Waals surface area contributed by atoms with Crippen molar-refractivity contribution in [2.24, 2.45) is 17.4 Å². The summed E-state index contributed by atoms with van der Waals surface area (Å²) in [5.74, 6) is 0.0520. The highest BCUT2D eigenvalue weighted by Crippen LogP contribution is 2.01. The Morgan fingerprint density at radius 2 is 1.75 bits per heavy atom. The number of rotatable bonds is 10. The first-order valence-electron chi connectivity index (χ1n) is 6.75. The molecule has 0 aromatic heterocycles. The third kappa shape index (κ3) is 9.69. The molecular formula is C13H26N4O2S. The molecule has 0 fully saturated rings. The average Bonchev–Trinajstić information content (AvgIpc) is 2.31. The van der Waals surface area contributed by atoms with Gasteiger partial charge in [0.2, 0.25) is 11.8 Å². The van der Waals surface area contributed by atoms with Gasteiger partial charge < -0.3 is 16.4 Å². The maximum absolute atomic E-state index is 11.9. The number of carbonyl (C=O) groups is 2. The number of hydrogen-bond donors (Lipinski definition) is 2. The Morgan fingerprint density at radius 3 is 2.20 bits per heavy atom. The standard InChI is InChI=1S/C13H26N4O2S/c1-10(2)8-17(9-11(14)18)7-5-13(19)16(3)6-4-12(15)20/h10H,4-9H2,1-3H3,(H2,14,18)(H2,15,20). The van der Waals surface area contributed by atoms with Crippen molar-refractivity contribution in [3.8, 4) is 0 Å². The van der Waals surface area contributed by atoms with Crippen LogP contribution in [0.2, 0.25) is 0 Å². The van der Waals surface area contributed by atoms with Crippen molar-refractivity contribution in [3.05, 3.63) is 0 Å². The summed E-state index contributed by atoms with van der Waals surface area (Å²) in [5, 5.41) is 0. The van der Waals surface area contributed by atoms with Crippen LogP contribution in [0.5, 0.6) is 0 Å². The van der Waals surface area contributed by atoms with Crippen LogP contribution in [0.1, 0.15) is 26.7 Å². The molecule has 0 saturated carbocycles. The summed E-state index contributed by atoms with van der Waals surface area (Å²) in [5.41, 5.74) is 10.6. The molecule has 20 heavy (non-hydrogen) atoms. The van der Waals surface area contributed by atoms with Gasteiger partial charge in [-0.1, -0.05) is 26.1 Å². The van der Waals surface area contributed by atoms with E-state index in [1.807, 2.05) is 4.90 Å². The molecule has 0 radical (unpaired) electrons. The van der Waals surface area contributed by atoms with Gasteiger partial charge in [-0.25, -0.2) is 0 Å². The quantitative estimate of drug-likeness (QED) is 0.552. The maximum atomic E-state index is 11.9. The molecule has 7 heteroatoms. The van der Waals surface area contributed by atoms with E-state index in [1.165, 1.54) is 0 Å². The van der Waals surface area contributed by atoms with Crippen LogP contribution in [-0.2, 0) is 9.59 Å². The highest BCUT2D eigenvalue weighted by Gasteiger charge is 2.14. The number of amides is 2. The van der Waals surface area contributed by atoms with Crippen molar-refractivity contribution in [1.29, 1.82) is 0 Å². The van der Waals surface area contributed by atoms with Gasteiger partial charge in [0.25, 0.3) is 0 Å². The second-order valence-electron chi connectivity index (χ2n) is 5.38. The van der Waals surface area contributed by atoms with Crippen LogP contribution >= 0.6 is 12.2 Å². The Morgan fingerprint density at radius 1 is 1.15 bits per heavy atom. The highest BCUT2D eigenvalue weighted by molar-refractivity contribution is 7.80. The molecule has 116 valence electrons. The maximum Gasteiger partial charge on any atom is 0.231 e. The molecule has 0 heterocycles. The lowest BCUT2D eigenvalue weighted by molar-refractivity contribution is -0.130. The van der Waals surface area contributed by atoms with Crippen LogP contribution in [0, 0.1) is 5.92 Å². The molecular weight excluding hydrogens is 276 g/mol. The Labute approximate surface area is 126 Å². The van der Waals surface area contributed by atoms with E-state index in [0.717, 1.165) is 6.54 Å². The van der Waals surface area contributed by atoms with Crippen molar-refractivity contribution in [2.75, 3.05) is 33.2 Å². The molecule has 0 saturated heterocycles. The Balaban J connectivity index is 4.20. The number of nitrogens with zero attached hydrogens (tertiary/aromatic N) is 2. The van der Waals surface area contributed by atoms with Gasteiger partial charge >= 0.3 is 0 Å². The van der Waals surface area contributed by atoms with Crippen molar-refractivity contribution in [3.63, 3.8) is 0 Å². The lowest BCUT2D eigenvalue weighted by atomic mass is 10.2. The minimum Gasteiger partial charge on any atom is -0.393 e. The predicted molar refractivity (Wildman–Crippen MR) is 84.1 cm³/mol. The van der Waals surface area contributed by atoms with E-state index in [2.05, 4.69) is 13.8 Å². The van der Waals surface area contributed by atoms with Gasteiger partial charge in [-0.3, -0.25) is 14.5 Å². The fourth-order valence-electron chi connectivity index (χ4n) is 1.82. The molecule has 0 aliphatic heterocycles. The largest absolute Gasteiger partial charge is 0.393 e. The van der Waals surface area contributed by atoms with Gasteiger partial charge in [-0.05, 0) is 5.92 Å². The molecule has 2 amide bonds. The van der Waals surface area contributed by atoms with Crippen LogP contribution in [0.25, 0.3) is 0 Å². The van der Waals surface area contributed by atoms with Crippen molar-refractivity contribution in [2.45, 2.75) is 26.7 Å². The molecule has 0 aromatic rings. The highest BCUT2D eigenvalue weighted by atomic mass is 32.1.